The van der Waals surface area contributed by atoms with E-state index in [1.54, 1.807) is 12.1 Å². The maximum absolute atomic E-state index is 11.9. The second-order valence-corrected chi connectivity index (χ2v) is 7.08. The second-order valence-electron chi connectivity index (χ2n) is 4.72. The van der Waals surface area contributed by atoms with Crippen molar-refractivity contribution in [3.63, 3.8) is 0 Å². The lowest BCUT2D eigenvalue weighted by Crippen LogP contribution is -2.37. The number of nitrogens with one attached hydrogen (secondary N) is 2. The number of hydrogen-bond donors (Lipinski definition) is 2. The Bertz CT molecular complexity index is 505. The van der Waals surface area contributed by atoms with Crippen LogP contribution in [-0.4, -0.2) is 14.5 Å². The standard InChI is InChI=1S/C12H17BrN2O2S/c1-9-6-10(13)8-12(7-9)15-18(16,17)14-11-4-2-3-5-11/h6-8,11,14-15H,2-5H2,1H3. The largest absolute Gasteiger partial charge is 0.299 e. The van der Waals surface area contributed by atoms with Crippen LogP contribution in [0.5, 0.6) is 0 Å². The quantitative estimate of drug-likeness (QED) is 0.890. The highest BCUT2D eigenvalue weighted by atomic mass is 79.9. The minimum absolute atomic E-state index is 0.0794. The molecule has 4 nitrogen and oxygen atoms in total. The third kappa shape index (κ3) is 3.96. The summed E-state index contributed by atoms with van der Waals surface area (Å²) >= 11 is 3.35. The summed E-state index contributed by atoms with van der Waals surface area (Å²) in [5, 5.41) is 0. The van der Waals surface area contributed by atoms with Gasteiger partial charge in [0.2, 0.25) is 0 Å². The highest BCUT2D eigenvalue weighted by molar-refractivity contribution is 9.10. The zero-order chi connectivity index (χ0) is 13.2. The molecule has 18 heavy (non-hydrogen) atoms. The summed E-state index contributed by atoms with van der Waals surface area (Å²) in [5.74, 6) is 0. The van der Waals surface area contributed by atoms with Gasteiger partial charge in [-0.3, -0.25) is 4.72 Å². The van der Waals surface area contributed by atoms with E-state index in [9.17, 15) is 8.42 Å². The molecule has 2 rings (SSSR count). The molecule has 1 aliphatic carbocycles. The smallest absolute Gasteiger partial charge is 0.271 e. The van der Waals surface area contributed by atoms with Crippen molar-refractivity contribution in [2.24, 2.45) is 0 Å². The average Bonchev–Trinajstić information content (AvgIpc) is 2.66. The van der Waals surface area contributed by atoms with Crippen molar-refractivity contribution in [3.05, 3.63) is 28.2 Å². The first-order valence-electron chi connectivity index (χ1n) is 6.02. The van der Waals surface area contributed by atoms with Crippen molar-refractivity contribution in [1.29, 1.82) is 0 Å². The summed E-state index contributed by atoms with van der Waals surface area (Å²) in [6, 6.07) is 5.57. The average molecular weight is 333 g/mol. The molecule has 0 heterocycles. The lowest BCUT2D eigenvalue weighted by atomic mass is 10.2. The van der Waals surface area contributed by atoms with E-state index in [0.717, 1.165) is 35.7 Å². The van der Waals surface area contributed by atoms with Crippen LogP contribution in [0.2, 0.25) is 0 Å². The monoisotopic (exact) mass is 332 g/mol. The van der Waals surface area contributed by atoms with E-state index in [1.807, 2.05) is 13.0 Å². The van der Waals surface area contributed by atoms with Gasteiger partial charge in [-0.05, 0) is 43.5 Å². The number of anilines is 1. The van der Waals surface area contributed by atoms with Crippen molar-refractivity contribution in [2.45, 2.75) is 38.6 Å². The molecule has 0 spiro atoms. The van der Waals surface area contributed by atoms with E-state index in [-0.39, 0.29) is 6.04 Å². The molecule has 0 aromatic heterocycles. The first-order chi connectivity index (χ1) is 8.44. The Hall–Kier alpha value is -0.590. The van der Waals surface area contributed by atoms with E-state index in [2.05, 4.69) is 25.4 Å². The molecule has 0 saturated heterocycles. The number of halogens is 1. The van der Waals surface area contributed by atoms with E-state index in [4.69, 9.17) is 0 Å². The van der Waals surface area contributed by atoms with Gasteiger partial charge in [0.1, 0.15) is 0 Å². The van der Waals surface area contributed by atoms with Crippen LogP contribution in [-0.2, 0) is 10.2 Å². The molecule has 1 aromatic rings. The summed E-state index contributed by atoms with van der Waals surface area (Å²) in [7, 11) is -3.47. The van der Waals surface area contributed by atoms with Crippen LogP contribution in [0.25, 0.3) is 0 Å². The molecular formula is C12H17BrN2O2S. The summed E-state index contributed by atoms with van der Waals surface area (Å²) in [6.07, 6.45) is 4.06. The third-order valence-electron chi connectivity index (χ3n) is 2.97. The van der Waals surface area contributed by atoms with Crippen molar-refractivity contribution in [1.82, 2.24) is 4.72 Å². The molecule has 1 aromatic carbocycles. The molecular weight excluding hydrogens is 316 g/mol. The predicted octanol–water partition coefficient (Wildman–Crippen LogP) is 2.95. The summed E-state index contributed by atoms with van der Waals surface area (Å²) in [6.45, 7) is 1.92. The number of aryl methyl sites for hydroxylation is 1. The van der Waals surface area contributed by atoms with Gasteiger partial charge < -0.3 is 0 Å². The molecule has 1 fully saturated rings. The van der Waals surface area contributed by atoms with E-state index in [0.29, 0.717) is 5.69 Å². The minimum Gasteiger partial charge on any atom is -0.271 e. The van der Waals surface area contributed by atoms with Crippen molar-refractivity contribution in [2.75, 3.05) is 4.72 Å². The number of benzene rings is 1. The zero-order valence-electron chi connectivity index (χ0n) is 10.2. The van der Waals surface area contributed by atoms with Crippen molar-refractivity contribution >= 4 is 31.8 Å². The fourth-order valence-electron chi connectivity index (χ4n) is 2.24. The molecule has 1 saturated carbocycles. The molecule has 0 atom stereocenters. The molecule has 100 valence electrons. The molecule has 0 unspecified atom stereocenters. The van der Waals surface area contributed by atoms with Gasteiger partial charge in [0.25, 0.3) is 10.2 Å². The topological polar surface area (TPSA) is 58.2 Å². The highest BCUT2D eigenvalue weighted by Gasteiger charge is 2.21. The Kier molecular flexibility index (Phi) is 4.29. The van der Waals surface area contributed by atoms with Crippen LogP contribution in [0.15, 0.2) is 22.7 Å². The SMILES string of the molecule is Cc1cc(Br)cc(NS(=O)(=O)NC2CCCC2)c1. The van der Waals surface area contributed by atoms with Crippen LogP contribution in [0, 0.1) is 6.92 Å². The Morgan fingerprint density at radius 2 is 1.89 bits per heavy atom. The fraction of sp³-hybridized carbons (Fsp3) is 0.500. The Morgan fingerprint density at radius 3 is 2.50 bits per heavy atom. The van der Waals surface area contributed by atoms with E-state index >= 15 is 0 Å². The Labute approximate surface area is 116 Å². The van der Waals surface area contributed by atoms with Crippen LogP contribution < -0.4 is 9.44 Å². The molecule has 2 N–H and O–H groups in total. The van der Waals surface area contributed by atoms with Gasteiger partial charge in [0, 0.05) is 10.5 Å². The van der Waals surface area contributed by atoms with Crippen LogP contribution in [0.3, 0.4) is 0 Å². The van der Waals surface area contributed by atoms with Crippen LogP contribution in [0.4, 0.5) is 5.69 Å². The molecule has 0 radical (unpaired) electrons. The highest BCUT2D eigenvalue weighted by Crippen LogP contribution is 2.21. The maximum Gasteiger partial charge on any atom is 0.299 e. The van der Waals surface area contributed by atoms with Crippen LogP contribution in [0.1, 0.15) is 31.2 Å². The van der Waals surface area contributed by atoms with Gasteiger partial charge in [0.05, 0.1) is 5.69 Å². The summed E-state index contributed by atoms with van der Waals surface area (Å²) < 4.78 is 30.0. The lowest BCUT2D eigenvalue weighted by molar-refractivity contribution is 0.557. The lowest BCUT2D eigenvalue weighted by Gasteiger charge is -2.14. The Morgan fingerprint density at radius 1 is 1.22 bits per heavy atom. The molecule has 0 aliphatic heterocycles. The first-order valence-corrected chi connectivity index (χ1v) is 8.29. The number of rotatable bonds is 4. The van der Waals surface area contributed by atoms with Crippen molar-refractivity contribution in [3.8, 4) is 0 Å². The molecule has 1 aliphatic rings. The third-order valence-corrected chi connectivity index (χ3v) is 4.58. The normalized spacial score (nSPS) is 17.0. The van der Waals surface area contributed by atoms with Crippen molar-refractivity contribution < 1.29 is 8.42 Å². The number of hydrogen-bond acceptors (Lipinski definition) is 2. The van der Waals surface area contributed by atoms with Gasteiger partial charge in [-0.2, -0.15) is 13.1 Å². The summed E-state index contributed by atoms with van der Waals surface area (Å²) in [4.78, 5) is 0. The van der Waals surface area contributed by atoms with E-state index < -0.39 is 10.2 Å². The van der Waals surface area contributed by atoms with Gasteiger partial charge in [-0.25, -0.2) is 0 Å². The van der Waals surface area contributed by atoms with E-state index in [1.165, 1.54) is 0 Å². The van der Waals surface area contributed by atoms with Gasteiger partial charge in [-0.1, -0.05) is 28.8 Å². The Balaban J connectivity index is 2.06. The van der Waals surface area contributed by atoms with Gasteiger partial charge >= 0.3 is 0 Å². The van der Waals surface area contributed by atoms with Crippen LogP contribution >= 0.6 is 15.9 Å². The second kappa shape index (κ2) is 5.59. The zero-order valence-corrected chi connectivity index (χ0v) is 12.6. The molecule has 0 amide bonds. The fourth-order valence-corrected chi connectivity index (χ4v) is 4.01. The summed E-state index contributed by atoms with van der Waals surface area (Å²) in [5.41, 5.74) is 1.58. The minimum atomic E-state index is -3.47. The predicted molar refractivity (Wildman–Crippen MR) is 76.8 cm³/mol. The molecule has 0 bridgehead atoms. The van der Waals surface area contributed by atoms with Gasteiger partial charge in [-0.15, -0.1) is 0 Å². The van der Waals surface area contributed by atoms with Gasteiger partial charge in [0.15, 0.2) is 0 Å². The molecule has 6 heteroatoms. The maximum atomic E-state index is 11.9. The first kappa shape index (κ1) is 13.8.